The van der Waals surface area contributed by atoms with E-state index < -0.39 is 5.97 Å². The van der Waals surface area contributed by atoms with Gasteiger partial charge in [-0.1, -0.05) is 0 Å². The van der Waals surface area contributed by atoms with Crippen LogP contribution in [0.2, 0.25) is 0 Å². The van der Waals surface area contributed by atoms with Gasteiger partial charge in [-0.15, -0.1) is 5.10 Å². The highest BCUT2D eigenvalue weighted by molar-refractivity contribution is 5.90. The molecular formula is C17H20N6O4. The van der Waals surface area contributed by atoms with Crippen LogP contribution in [0.15, 0.2) is 10.5 Å². The lowest BCUT2D eigenvalue weighted by molar-refractivity contribution is -0.120. The number of anilines is 1. The fourth-order valence-electron chi connectivity index (χ4n) is 2.83. The summed E-state index contributed by atoms with van der Waals surface area (Å²) >= 11 is 0. The number of methoxy groups -OCH3 is 1. The second-order valence-electron chi connectivity index (χ2n) is 6.07. The Morgan fingerprint density at radius 2 is 2.04 bits per heavy atom. The van der Waals surface area contributed by atoms with Crippen molar-refractivity contribution in [1.82, 2.24) is 24.9 Å². The summed E-state index contributed by atoms with van der Waals surface area (Å²) in [6.45, 7) is 5.45. The van der Waals surface area contributed by atoms with Gasteiger partial charge in [-0.05, 0) is 26.8 Å². The number of aromatic nitrogens is 4. The van der Waals surface area contributed by atoms with E-state index in [9.17, 15) is 9.59 Å². The molecule has 0 atom stereocenters. The van der Waals surface area contributed by atoms with Crippen molar-refractivity contribution in [3.05, 3.63) is 40.1 Å². The Morgan fingerprint density at radius 3 is 2.74 bits per heavy atom. The molecule has 142 valence electrons. The van der Waals surface area contributed by atoms with Crippen LogP contribution in [0.3, 0.4) is 0 Å². The van der Waals surface area contributed by atoms with Gasteiger partial charge in [0.25, 0.3) is 5.78 Å². The van der Waals surface area contributed by atoms with E-state index in [1.165, 1.54) is 11.6 Å². The van der Waals surface area contributed by atoms with Gasteiger partial charge in [0.1, 0.15) is 17.1 Å². The number of fused-ring (bicyclic) bond motifs is 1. The number of esters is 1. The van der Waals surface area contributed by atoms with Crippen LogP contribution in [0.25, 0.3) is 5.78 Å². The molecule has 3 aromatic heterocycles. The maximum Gasteiger partial charge on any atom is 0.341 e. The van der Waals surface area contributed by atoms with Crippen LogP contribution in [0.1, 0.15) is 38.8 Å². The van der Waals surface area contributed by atoms with Crippen LogP contribution < -0.4 is 11.1 Å². The zero-order chi connectivity index (χ0) is 19.7. The first-order chi connectivity index (χ1) is 12.8. The third-order valence-corrected chi connectivity index (χ3v) is 4.24. The SMILES string of the molecule is COC(=O)c1cc(CNC(=O)Cc2c(C)nc3nc(N)nn3c2C)oc1C. The molecule has 1 amide bonds. The van der Waals surface area contributed by atoms with Crippen molar-refractivity contribution in [1.29, 1.82) is 0 Å². The molecule has 0 spiro atoms. The molecular weight excluding hydrogens is 352 g/mol. The Balaban J connectivity index is 1.71. The van der Waals surface area contributed by atoms with E-state index >= 15 is 0 Å². The summed E-state index contributed by atoms with van der Waals surface area (Å²) in [6.07, 6.45) is 0.115. The van der Waals surface area contributed by atoms with E-state index in [0.717, 1.165) is 11.3 Å². The summed E-state index contributed by atoms with van der Waals surface area (Å²) in [5.41, 5.74) is 8.13. The predicted octanol–water partition coefficient (Wildman–Crippen LogP) is 0.870. The van der Waals surface area contributed by atoms with Crippen molar-refractivity contribution in [2.75, 3.05) is 12.8 Å². The molecule has 0 aliphatic carbocycles. The molecule has 0 saturated carbocycles. The largest absolute Gasteiger partial charge is 0.465 e. The molecule has 3 N–H and O–H groups in total. The lowest BCUT2D eigenvalue weighted by atomic mass is 10.1. The van der Waals surface area contributed by atoms with Crippen LogP contribution >= 0.6 is 0 Å². The molecule has 0 fully saturated rings. The van der Waals surface area contributed by atoms with Crippen molar-refractivity contribution in [2.45, 2.75) is 33.7 Å². The summed E-state index contributed by atoms with van der Waals surface area (Å²) in [5.74, 6) is 0.730. The van der Waals surface area contributed by atoms with Crippen LogP contribution in [0.5, 0.6) is 0 Å². The Morgan fingerprint density at radius 1 is 1.30 bits per heavy atom. The van der Waals surface area contributed by atoms with Crippen LogP contribution in [-0.2, 0) is 22.5 Å². The number of amides is 1. The number of nitrogen functional groups attached to an aromatic ring is 1. The maximum atomic E-state index is 12.4. The predicted molar refractivity (Wildman–Crippen MR) is 95.0 cm³/mol. The maximum absolute atomic E-state index is 12.4. The average Bonchev–Trinajstić information content (AvgIpc) is 3.18. The Hall–Kier alpha value is -3.43. The van der Waals surface area contributed by atoms with Gasteiger partial charge in [0.2, 0.25) is 11.9 Å². The highest BCUT2D eigenvalue weighted by Crippen LogP contribution is 2.17. The lowest BCUT2D eigenvalue weighted by Gasteiger charge is -2.10. The van der Waals surface area contributed by atoms with E-state index in [-0.39, 0.29) is 24.8 Å². The zero-order valence-corrected chi connectivity index (χ0v) is 15.5. The van der Waals surface area contributed by atoms with E-state index in [4.69, 9.17) is 10.2 Å². The highest BCUT2D eigenvalue weighted by Gasteiger charge is 2.18. The van der Waals surface area contributed by atoms with Gasteiger partial charge in [0, 0.05) is 17.0 Å². The second-order valence-corrected chi connectivity index (χ2v) is 6.07. The van der Waals surface area contributed by atoms with E-state index in [0.29, 0.717) is 28.6 Å². The molecule has 0 bridgehead atoms. The number of hydrogen-bond donors (Lipinski definition) is 2. The zero-order valence-electron chi connectivity index (χ0n) is 15.5. The van der Waals surface area contributed by atoms with Crippen LogP contribution in [0.4, 0.5) is 5.95 Å². The molecule has 27 heavy (non-hydrogen) atoms. The van der Waals surface area contributed by atoms with Gasteiger partial charge in [0.15, 0.2) is 0 Å². The normalized spacial score (nSPS) is 11.0. The Bertz CT molecular complexity index is 1040. The number of ether oxygens (including phenoxy) is 1. The Kier molecular flexibility index (Phi) is 4.80. The number of nitrogens with one attached hydrogen (secondary N) is 1. The Labute approximate surface area is 154 Å². The lowest BCUT2D eigenvalue weighted by Crippen LogP contribution is -2.25. The molecule has 0 saturated heterocycles. The number of furan rings is 1. The van der Waals surface area contributed by atoms with E-state index in [1.807, 2.05) is 6.92 Å². The van der Waals surface area contributed by atoms with Crippen molar-refractivity contribution in [3.63, 3.8) is 0 Å². The summed E-state index contributed by atoms with van der Waals surface area (Å²) in [4.78, 5) is 32.3. The number of hydrogen-bond acceptors (Lipinski definition) is 8. The molecule has 0 radical (unpaired) electrons. The summed E-state index contributed by atoms with van der Waals surface area (Å²) in [5, 5.41) is 6.85. The van der Waals surface area contributed by atoms with E-state index in [1.54, 1.807) is 19.9 Å². The van der Waals surface area contributed by atoms with Crippen molar-refractivity contribution < 1.29 is 18.7 Å². The third kappa shape index (κ3) is 3.59. The number of carbonyl (C=O) groups is 2. The highest BCUT2D eigenvalue weighted by atomic mass is 16.5. The van der Waals surface area contributed by atoms with Crippen molar-refractivity contribution in [2.24, 2.45) is 0 Å². The van der Waals surface area contributed by atoms with Gasteiger partial charge in [-0.2, -0.15) is 9.50 Å². The standard InChI is InChI=1S/C17H20N6O4/c1-8-12(9(2)23-17(20-8)21-16(18)22-23)6-14(24)19-7-11-5-13(10(3)27-11)15(25)26-4/h5H,6-7H2,1-4H3,(H2,18,22)(H,19,24). The minimum atomic E-state index is -0.480. The number of rotatable bonds is 5. The molecule has 3 aromatic rings. The third-order valence-electron chi connectivity index (χ3n) is 4.24. The van der Waals surface area contributed by atoms with Crippen LogP contribution in [0, 0.1) is 20.8 Å². The first-order valence-electron chi connectivity index (χ1n) is 8.22. The summed E-state index contributed by atoms with van der Waals surface area (Å²) in [6, 6.07) is 1.56. The van der Waals surface area contributed by atoms with Gasteiger partial charge in [0.05, 0.1) is 20.1 Å². The van der Waals surface area contributed by atoms with Crippen molar-refractivity contribution >= 4 is 23.6 Å². The molecule has 3 heterocycles. The number of carbonyl (C=O) groups excluding carboxylic acids is 2. The summed E-state index contributed by atoms with van der Waals surface area (Å²) in [7, 11) is 1.30. The average molecular weight is 372 g/mol. The molecule has 0 aliphatic rings. The van der Waals surface area contributed by atoms with Crippen LogP contribution in [-0.4, -0.2) is 38.6 Å². The molecule has 0 aliphatic heterocycles. The molecule has 10 nitrogen and oxygen atoms in total. The molecule has 3 rings (SSSR count). The fraction of sp³-hybridized carbons (Fsp3) is 0.353. The molecule has 0 aromatic carbocycles. The first-order valence-corrected chi connectivity index (χ1v) is 8.22. The minimum Gasteiger partial charge on any atom is -0.465 e. The fourth-order valence-corrected chi connectivity index (χ4v) is 2.83. The van der Waals surface area contributed by atoms with E-state index in [2.05, 4.69) is 25.1 Å². The second kappa shape index (κ2) is 7.06. The molecule has 10 heteroatoms. The minimum absolute atomic E-state index is 0.115. The monoisotopic (exact) mass is 372 g/mol. The number of nitrogens with two attached hydrogens (primary N) is 1. The van der Waals surface area contributed by atoms with Crippen molar-refractivity contribution in [3.8, 4) is 0 Å². The summed E-state index contributed by atoms with van der Waals surface area (Å²) < 4.78 is 11.7. The van der Waals surface area contributed by atoms with Gasteiger partial charge < -0.3 is 20.2 Å². The number of nitrogens with zero attached hydrogens (tertiary/aromatic N) is 4. The quantitative estimate of drug-likeness (QED) is 0.629. The first kappa shape index (κ1) is 18.4. The topological polar surface area (TPSA) is 138 Å². The van der Waals surface area contributed by atoms with Gasteiger partial charge >= 0.3 is 5.97 Å². The number of aryl methyl sites for hydroxylation is 3. The van der Waals surface area contributed by atoms with Gasteiger partial charge in [-0.25, -0.2) is 9.78 Å². The van der Waals surface area contributed by atoms with Gasteiger partial charge in [-0.3, -0.25) is 4.79 Å². The smallest absolute Gasteiger partial charge is 0.341 e. The molecule has 0 unspecified atom stereocenters.